The van der Waals surface area contributed by atoms with E-state index in [9.17, 15) is 9.59 Å². The standard InChI is InChI=1S/C29H45N7O3Si/c1-19(2)24-25(27(37)29(38)32-23-9-11-34(12-10-23)20(3)4)33-36(18-39-13-14-40(6,7)8)26(24)22-15-21(5)28-30-17-31-35(28)16-22/h15-17,19-20,23H,9-14,18H2,1-8H3,(H,32,38). The van der Waals surface area contributed by atoms with Crippen molar-refractivity contribution in [3.05, 3.63) is 35.4 Å². The summed E-state index contributed by atoms with van der Waals surface area (Å²) in [6.07, 6.45) is 5.08. The van der Waals surface area contributed by atoms with Gasteiger partial charge < -0.3 is 15.0 Å². The van der Waals surface area contributed by atoms with E-state index in [0.29, 0.717) is 12.6 Å². The molecule has 4 rings (SSSR count). The van der Waals surface area contributed by atoms with Crippen LogP contribution in [0.4, 0.5) is 0 Å². The molecule has 1 N–H and O–H groups in total. The zero-order chi connectivity index (χ0) is 29.2. The third-order valence-electron chi connectivity index (χ3n) is 7.63. The number of fused-ring (bicyclic) bond motifs is 1. The molecular formula is C29H45N7O3Si. The molecule has 1 aliphatic rings. The van der Waals surface area contributed by atoms with E-state index in [4.69, 9.17) is 9.84 Å². The monoisotopic (exact) mass is 567 g/mol. The second-order valence-corrected chi connectivity index (χ2v) is 18.4. The Morgan fingerprint density at radius 1 is 1.15 bits per heavy atom. The van der Waals surface area contributed by atoms with Crippen LogP contribution in [-0.4, -0.2) is 80.8 Å². The number of likely N-dealkylation sites (tertiary alicyclic amines) is 1. The van der Waals surface area contributed by atoms with Gasteiger partial charge >= 0.3 is 0 Å². The average molecular weight is 568 g/mol. The Kier molecular flexibility index (Phi) is 9.26. The largest absolute Gasteiger partial charge is 0.360 e. The molecule has 0 spiro atoms. The third kappa shape index (κ3) is 6.87. The number of hydrogen-bond donors (Lipinski definition) is 1. The third-order valence-corrected chi connectivity index (χ3v) is 9.33. The Morgan fingerprint density at radius 3 is 2.48 bits per heavy atom. The van der Waals surface area contributed by atoms with Gasteiger partial charge in [0, 0.05) is 57.2 Å². The average Bonchev–Trinajstić information content (AvgIpc) is 3.51. The van der Waals surface area contributed by atoms with Gasteiger partial charge in [-0.25, -0.2) is 14.2 Å². The van der Waals surface area contributed by atoms with Crippen LogP contribution in [0.1, 0.15) is 68.1 Å². The van der Waals surface area contributed by atoms with Crippen LogP contribution in [0.15, 0.2) is 18.6 Å². The number of rotatable bonds is 11. The summed E-state index contributed by atoms with van der Waals surface area (Å²) in [7, 11) is -1.28. The number of piperidine rings is 1. The summed E-state index contributed by atoms with van der Waals surface area (Å²) in [6.45, 7) is 19.9. The second-order valence-electron chi connectivity index (χ2n) is 12.8. The van der Waals surface area contributed by atoms with Crippen molar-refractivity contribution < 1.29 is 14.3 Å². The molecule has 3 aromatic heterocycles. The van der Waals surface area contributed by atoms with E-state index in [1.807, 2.05) is 33.0 Å². The summed E-state index contributed by atoms with van der Waals surface area (Å²) in [6, 6.07) is 3.51. The molecule has 0 radical (unpaired) electrons. The van der Waals surface area contributed by atoms with E-state index in [0.717, 1.165) is 60.0 Å². The summed E-state index contributed by atoms with van der Waals surface area (Å²) in [5.41, 5.74) is 4.27. The highest BCUT2D eigenvalue weighted by atomic mass is 28.3. The molecule has 0 atom stereocenters. The van der Waals surface area contributed by atoms with Crippen LogP contribution in [0.25, 0.3) is 16.9 Å². The zero-order valence-electron chi connectivity index (χ0n) is 25.3. The molecule has 0 unspecified atom stereocenters. The van der Waals surface area contributed by atoms with Crippen molar-refractivity contribution in [3.63, 3.8) is 0 Å². The lowest BCUT2D eigenvalue weighted by molar-refractivity contribution is -0.118. The SMILES string of the molecule is Cc1cc(-c2c(C(C)C)c(C(=O)C(=O)NC3CCN(C(C)C)CC3)nn2COCC[Si](C)(C)C)cn2ncnc12. The van der Waals surface area contributed by atoms with Gasteiger partial charge in [-0.2, -0.15) is 10.2 Å². The number of nitrogens with one attached hydrogen (secondary N) is 1. The molecule has 40 heavy (non-hydrogen) atoms. The summed E-state index contributed by atoms with van der Waals surface area (Å²) in [5, 5.41) is 12.1. The number of aromatic nitrogens is 5. The maximum atomic E-state index is 13.7. The van der Waals surface area contributed by atoms with Crippen LogP contribution in [0.5, 0.6) is 0 Å². The lowest BCUT2D eigenvalue weighted by Crippen LogP contribution is -2.48. The van der Waals surface area contributed by atoms with Gasteiger partial charge in [0.15, 0.2) is 5.65 Å². The van der Waals surface area contributed by atoms with Crippen molar-refractivity contribution in [1.82, 2.24) is 34.6 Å². The quantitative estimate of drug-likeness (QED) is 0.157. The highest BCUT2D eigenvalue weighted by Gasteiger charge is 2.32. The number of ether oxygens (including phenoxy) is 1. The molecular weight excluding hydrogens is 522 g/mol. The topological polar surface area (TPSA) is 107 Å². The maximum Gasteiger partial charge on any atom is 0.294 e. The second kappa shape index (κ2) is 12.3. The molecule has 0 aliphatic carbocycles. The van der Waals surface area contributed by atoms with E-state index in [2.05, 4.69) is 53.8 Å². The van der Waals surface area contributed by atoms with Gasteiger partial charge in [-0.3, -0.25) is 9.59 Å². The summed E-state index contributed by atoms with van der Waals surface area (Å²) in [5.74, 6) is -1.25. The molecule has 10 nitrogen and oxygen atoms in total. The predicted molar refractivity (Wildman–Crippen MR) is 159 cm³/mol. The lowest BCUT2D eigenvalue weighted by atomic mass is 9.94. The first kappa shape index (κ1) is 30.1. The number of hydrogen-bond acceptors (Lipinski definition) is 7. The van der Waals surface area contributed by atoms with Crippen LogP contribution in [0.2, 0.25) is 25.7 Å². The number of carbonyl (C=O) groups is 2. The van der Waals surface area contributed by atoms with Gasteiger partial charge in [0.25, 0.3) is 11.7 Å². The molecule has 1 saturated heterocycles. The Bertz CT molecular complexity index is 1350. The molecule has 1 fully saturated rings. The van der Waals surface area contributed by atoms with Crippen molar-refractivity contribution in [1.29, 1.82) is 0 Å². The van der Waals surface area contributed by atoms with Crippen LogP contribution >= 0.6 is 0 Å². The van der Waals surface area contributed by atoms with Gasteiger partial charge in [-0.1, -0.05) is 33.5 Å². The highest BCUT2D eigenvalue weighted by molar-refractivity contribution is 6.76. The van der Waals surface area contributed by atoms with E-state index in [-0.39, 0.29) is 24.4 Å². The Balaban J connectivity index is 1.66. The summed E-state index contributed by atoms with van der Waals surface area (Å²) in [4.78, 5) is 33.6. The zero-order valence-corrected chi connectivity index (χ0v) is 26.3. The van der Waals surface area contributed by atoms with Crippen molar-refractivity contribution in [3.8, 4) is 11.3 Å². The van der Waals surface area contributed by atoms with Crippen molar-refractivity contribution in [2.45, 2.75) is 97.9 Å². The lowest BCUT2D eigenvalue weighted by Gasteiger charge is -2.34. The van der Waals surface area contributed by atoms with E-state index < -0.39 is 19.8 Å². The molecule has 218 valence electrons. The van der Waals surface area contributed by atoms with Gasteiger partial charge in [0.2, 0.25) is 0 Å². The molecule has 1 amide bonds. The van der Waals surface area contributed by atoms with Gasteiger partial charge in [0.05, 0.1) is 5.69 Å². The number of pyridine rings is 1. The van der Waals surface area contributed by atoms with Crippen molar-refractivity contribution >= 4 is 25.4 Å². The minimum absolute atomic E-state index is 0.0159. The first-order chi connectivity index (χ1) is 18.9. The van der Waals surface area contributed by atoms with Crippen molar-refractivity contribution in [2.75, 3.05) is 19.7 Å². The number of ketones is 1. The number of nitrogens with zero attached hydrogens (tertiary/aromatic N) is 6. The number of amides is 1. The molecule has 1 aliphatic heterocycles. The van der Waals surface area contributed by atoms with Crippen molar-refractivity contribution in [2.24, 2.45) is 0 Å². The Morgan fingerprint density at radius 2 is 1.85 bits per heavy atom. The number of carbonyl (C=O) groups excluding carboxylic acids is 2. The van der Waals surface area contributed by atoms with Crippen LogP contribution in [-0.2, 0) is 16.3 Å². The molecule has 11 heteroatoms. The Labute approximate surface area is 238 Å². The number of Topliss-reactive ketones (excluding diaryl/α,β-unsaturated/α-hetero) is 1. The van der Waals surface area contributed by atoms with E-state index in [1.165, 1.54) is 6.33 Å². The molecule has 4 heterocycles. The molecule has 0 bridgehead atoms. The first-order valence-electron chi connectivity index (χ1n) is 14.4. The normalized spacial score (nSPS) is 15.4. The minimum Gasteiger partial charge on any atom is -0.360 e. The van der Waals surface area contributed by atoms with Gasteiger partial charge in [0.1, 0.15) is 18.8 Å². The number of aryl methyl sites for hydroxylation is 1. The summed E-state index contributed by atoms with van der Waals surface area (Å²) < 4.78 is 9.55. The smallest absolute Gasteiger partial charge is 0.294 e. The minimum atomic E-state index is -1.28. The first-order valence-corrected chi connectivity index (χ1v) is 18.1. The van der Waals surface area contributed by atoms with Crippen LogP contribution < -0.4 is 5.32 Å². The molecule has 3 aromatic rings. The highest BCUT2D eigenvalue weighted by Crippen LogP contribution is 2.34. The van der Waals surface area contributed by atoms with Gasteiger partial charge in [-0.15, -0.1) is 0 Å². The fraction of sp³-hybridized carbons (Fsp3) is 0.621. The van der Waals surface area contributed by atoms with E-state index >= 15 is 0 Å². The summed E-state index contributed by atoms with van der Waals surface area (Å²) >= 11 is 0. The Hall–Kier alpha value is -2.89. The predicted octanol–water partition coefficient (Wildman–Crippen LogP) is 4.51. The molecule has 0 aromatic carbocycles. The van der Waals surface area contributed by atoms with E-state index in [1.54, 1.807) is 9.20 Å². The van der Waals surface area contributed by atoms with Gasteiger partial charge in [-0.05, 0) is 57.2 Å². The fourth-order valence-electron chi connectivity index (χ4n) is 5.26. The fourth-order valence-corrected chi connectivity index (χ4v) is 6.02. The maximum absolute atomic E-state index is 13.7. The molecule has 0 saturated carbocycles. The van der Waals surface area contributed by atoms with Crippen LogP contribution in [0, 0.1) is 6.92 Å². The van der Waals surface area contributed by atoms with Crippen LogP contribution in [0.3, 0.4) is 0 Å².